The number of fused-ring (bicyclic) bond motifs is 1. The van der Waals surface area contributed by atoms with Crippen LogP contribution in [-0.2, 0) is 24.1 Å². The average molecular weight is 457 g/mol. The average Bonchev–Trinajstić information content (AvgIpc) is 2.99. The summed E-state index contributed by atoms with van der Waals surface area (Å²) in [6.45, 7) is 3.34. The fourth-order valence-electron chi connectivity index (χ4n) is 4.23. The number of nitrogens with one attached hydrogen (secondary N) is 1. The maximum atomic E-state index is 12.8. The number of carbonyl (C=O) groups excluding carboxylic acids is 1. The number of aryl methyl sites for hydroxylation is 1. The molecule has 2 aromatic rings. The highest BCUT2D eigenvalue weighted by Gasteiger charge is 2.22. The molecule has 0 aromatic heterocycles. The number of benzene rings is 2. The number of nitrogens with zero attached hydrogens (tertiary/aromatic N) is 1. The van der Waals surface area contributed by atoms with Crippen LogP contribution >= 0.6 is 0 Å². The van der Waals surface area contributed by atoms with Crippen molar-refractivity contribution in [3.8, 4) is 23.0 Å². The van der Waals surface area contributed by atoms with E-state index in [2.05, 4.69) is 11.4 Å². The Balaban J connectivity index is 1.38. The number of hydrogen-bond acceptors (Lipinski definition) is 6. The molecule has 7 nitrogen and oxygen atoms in total. The number of rotatable bonds is 12. The molecule has 0 saturated heterocycles. The second kappa shape index (κ2) is 12.3. The van der Waals surface area contributed by atoms with Gasteiger partial charge in [0.2, 0.25) is 5.91 Å². The molecule has 0 bridgehead atoms. The van der Waals surface area contributed by atoms with Crippen molar-refractivity contribution < 1.29 is 23.7 Å². The molecule has 1 heterocycles. The van der Waals surface area contributed by atoms with Crippen LogP contribution in [0, 0.1) is 0 Å². The summed E-state index contributed by atoms with van der Waals surface area (Å²) in [6, 6.07) is 10.0. The topological polar surface area (TPSA) is 69.3 Å². The third-order valence-electron chi connectivity index (χ3n) is 6.10. The Labute approximate surface area is 197 Å². The first-order valence-corrected chi connectivity index (χ1v) is 11.5. The summed E-state index contributed by atoms with van der Waals surface area (Å²) in [5, 5.41) is 3.50. The molecule has 0 fully saturated rings. The van der Waals surface area contributed by atoms with E-state index in [4.69, 9.17) is 18.9 Å². The lowest BCUT2D eigenvalue weighted by Gasteiger charge is -2.20. The summed E-state index contributed by atoms with van der Waals surface area (Å²) in [5.41, 5.74) is 3.43. The van der Waals surface area contributed by atoms with Gasteiger partial charge in [0.15, 0.2) is 23.0 Å². The molecule has 1 aliphatic heterocycles. The minimum atomic E-state index is 0.175. The van der Waals surface area contributed by atoms with Gasteiger partial charge in [-0.05, 0) is 79.7 Å². The van der Waals surface area contributed by atoms with Crippen LogP contribution in [-0.4, -0.2) is 65.4 Å². The summed E-state index contributed by atoms with van der Waals surface area (Å²) in [5.74, 6) is 3.09. The molecule has 2 aromatic carbocycles. The number of carbonyl (C=O) groups is 1. The van der Waals surface area contributed by atoms with Gasteiger partial charge in [-0.25, -0.2) is 0 Å². The molecular weight excluding hydrogens is 420 g/mol. The predicted octanol–water partition coefficient (Wildman–Crippen LogP) is 3.26. The van der Waals surface area contributed by atoms with Crippen molar-refractivity contribution in [3.05, 3.63) is 47.0 Å². The van der Waals surface area contributed by atoms with Crippen LogP contribution in [0.4, 0.5) is 0 Å². The van der Waals surface area contributed by atoms with Crippen LogP contribution in [0.2, 0.25) is 0 Å². The van der Waals surface area contributed by atoms with E-state index in [0.29, 0.717) is 12.2 Å². The fraction of sp³-hybridized carbons (Fsp3) is 0.500. The van der Waals surface area contributed by atoms with E-state index in [9.17, 15) is 4.79 Å². The predicted molar refractivity (Wildman–Crippen MR) is 129 cm³/mol. The van der Waals surface area contributed by atoms with Gasteiger partial charge in [0, 0.05) is 13.1 Å². The Kier molecular flexibility index (Phi) is 9.24. The van der Waals surface area contributed by atoms with Crippen molar-refractivity contribution in [3.63, 3.8) is 0 Å². The first-order chi connectivity index (χ1) is 16.1. The number of amides is 1. The van der Waals surface area contributed by atoms with E-state index >= 15 is 0 Å². The summed E-state index contributed by atoms with van der Waals surface area (Å²) < 4.78 is 21.5. The van der Waals surface area contributed by atoms with Gasteiger partial charge in [-0.2, -0.15) is 0 Å². The molecule has 0 radical (unpaired) electrons. The molecule has 33 heavy (non-hydrogen) atoms. The second-order valence-electron chi connectivity index (χ2n) is 8.18. The molecule has 0 spiro atoms. The molecule has 180 valence electrons. The number of methoxy groups -OCH3 is 4. The third-order valence-corrected chi connectivity index (χ3v) is 6.10. The Morgan fingerprint density at radius 1 is 0.818 bits per heavy atom. The zero-order valence-electron chi connectivity index (χ0n) is 20.2. The minimum Gasteiger partial charge on any atom is -0.493 e. The number of ether oxygens (including phenoxy) is 4. The lowest BCUT2D eigenvalue weighted by atomic mass is 10.0. The van der Waals surface area contributed by atoms with Crippen LogP contribution in [0.3, 0.4) is 0 Å². The first-order valence-electron chi connectivity index (χ1n) is 11.5. The first kappa shape index (κ1) is 24.7. The number of hydrogen-bond donors (Lipinski definition) is 1. The van der Waals surface area contributed by atoms with E-state index in [-0.39, 0.29) is 5.91 Å². The van der Waals surface area contributed by atoms with Gasteiger partial charge < -0.3 is 29.2 Å². The van der Waals surface area contributed by atoms with E-state index in [1.54, 1.807) is 28.4 Å². The highest BCUT2D eigenvalue weighted by atomic mass is 16.5. The second-order valence-corrected chi connectivity index (χ2v) is 8.18. The van der Waals surface area contributed by atoms with Crippen molar-refractivity contribution in [2.45, 2.75) is 32.1 Å². The van der Waals surface area contributed by atoms with Crippen molar-refractivity contribution in [1.29, 1.82) is 0 Å². The monoisotopic (exact) mass is 456 g/mol. The normalized spacial score (nSPS) is 13.3. The highest BCUT2D eigenvalue weighted by molar-refractivity contribution is 5.80. The Morgan fingerprint density at radius 2 is 1.45 bits per heavy atom. The Hall–Kier alpha value is -2.93. The van der Waals surface area contributed by atoms with E-state index in [1.807, 2.05) is 29.2 Å². The van der Waals surface area contributed by atoms with Crippen LogP contribution in [0.25, 0.3) is 0 Å². The SMILES string of the molecule is COc1ccc(CCCNCCCN2CCc3cc(OC)c(OC)cc3CC2=O)cc1OC. The van der Waals surface area contributed by atoms with Gasteiger partial charge in [-0.1, -0.05) is 6.07 Å². The summed E-state index contributed by atoms with van der Waals surface area (Å²) in [7, 11) is 6.56. The van der Waals surface area contributed by atoms with Crippen molar-refractivity contribution in [2.24, 2.45) is 0 Å². The van der Waals surface area contributed by atoms with Gasteiger partial charge in [-0.3, -0.25) is 4.79 Å². The molecular formula is C26H36N2O5. The fourth-order valence-corrected chi connectivity index (χ4v) is 4.23. The Bertz CT molecular complexity index is 931. The van der Waals surface area contributed by atoms with Crippen molar-refractivity contribution >= 4 is 5.91 Å². The molecule has 1 N–H and O–H groups in total. The van der Waals surface area contributed by atoms with Gasteiger partial charge in [0.1, 0.15) is 0 Å². The van der Waals surface area contributed by atoms with E-state index < -0.39 is 0 Å². The molecule has 0 atom stereocenters. The molecule has 7 heteroatoms. The zero-order chi connectivity index (χ0) is 23.6. The Morgan fingerprint density at radius 3 is 2.15 bits per heavy atom. The largest absolute Gasteiger partial charge is 0.493 e. The maximum Gasteiger partial charge on any atom is 0.227 e. The van der Waals surface area contributed by atoms with Crippen LogP contribution in [0.1, 0.15) is 29.5 Å². The summed E-state index contributed by atoms with van der Waals surface area (Å²) in [6.07, 6.45) is 4.19. The standard InChI is InChI=1S/C26H36N2O5/c1-30-22-9-8-19(15-23(22)31-2)7-5-11-27-12-6-13-28-14-10-20-16-24(32-3)25(33-4)17-21(20)18-26(28)29/h8-9,15-17,27H,5-7,10-14,18H2,1-4H3. The molecule has 0 aliphatic carbocycles. The van der Waals surface area contributed by atoms with Crippen LogP contribution in [0.15, 0.2) is 30.3 Å². The third kappa shape index (κ3) is 6.54. The molecule has 3 rings (SSSR count). The molecule has 1 amide bonds. The van der Waals surface area contributed by atoms with Gasteiger partial charge >= 0.3 is 0 Å². The zero-order valence-corrected chi connectivity index (χ0v) is 20.2. The van der Waals surface area contributed by atoms with Gasteiger partial charge in [0.25, 0.3) is 0 Å². The highest BCUT2D eigenvalue weighted by Crippen LogP contribution is 2.32. The lowest BCUT2D eigenvalue weighted by Crippen LogP contribution is -2.34. The van der Waals surface area contributed by atoms with Crippen LogP contribution < -0.4 is 24.3 Å². The van der Waals surface area contributed by atoms with E-state index in [0.717, 1.165) is 80.2 Å². The quantitative estimate of drug-likeness (QED) is 0.495. The minimum absolute atomic E-state index is 0.175. The molecule has 0 unspecified atom stereocenters. The smallest absolute Gasteiger partial charge is 0.227 e. The van der Waals surface area contributed by atoms with Crippen LogP contribution in [0.5, 0.6) is 23.0 Å². The summed E-state index contributed by atoms with van der Waals surface area (Å²) in [4.78, 5) is 14.7. The maximum absolute atomic E-state index is 12.8. The van der Waals surface area contributed by atoms with E-state index in [1.165, 1.54) is 5.56 Å². The van der Waals surface area contributed by atoms with Gasteiger partial charge in [0.05, 0.1) is 34.9 Å². The van der Waals surface area contributed by atoms with Crippen molar-refractivity contribution in [2.75, 3.05) is 54.6 Å². The molecule has 0 saturated carbocycles. The van der Waals surface area contributed by atoms with Gasteiger partial charge in [-0.15, -0.1) is 0 Å². The summed E-state index contributed by atoms with van der Waals surface area (Å²) >= 11 is 0. The lowest BCUT2D eigenvalue weighted by molar-refractivity contribution is -0.130. The molecule has 1 aliphatic rings. The van der Waals surface area contributed by atoms with Crippen molar-refractivity contribution in [1.82, 2.24) is 10.2 Å².